The lowest BCUT2D eigenvalue weighted by molar-refractivity contribution is 0.0695. The van der Waals surface area contributed by atoms with Crippen LogP contribution in [0, 0.1) is 5.82 Å². The first-order valence-electron chi connectivity index (χ1n) is 7.94. The molecule has 2 aromatic rings. The van der Waals surface area contributed by atoms with E-state index in [-0.39, 0.29) is 22.8 Å². The average molecular weight is 332 g/mol. The Labute approximate surface area is 136 Å². The van der Waals surface area contributed by atoms with Gasteiger partial charge in [-0.3, -0.25) is 9.80 Å². The first kappa shape index (κ1) is 15.1. The van der Waals surface area contributed by atoms with Crippen molar-refractivity contribution in [1.29, 1.82) is 0 Å². The Bertz CT molecular complexity index is 906. The van der Waals surface area contributed by atoms with E-state index in [2.05, 4.69) is 4.98 Å². The van der Waals surface area contributed by atoms with E-state index in [9.17, 15) is 19.1 Å². The van der Waals surface area contributed by atoms with Gasteiger partial charge in [0.25, 0.3) is 0 Å². The number of aromatic nitrogens is 2. The summed E-state index contributed by atoms with van der Waals surface area (Å²) in [6.07, 6.45) is 4.04. The van der Waals surface area contributed by atoms with Gasteiger partial charge in [-0.25, -0.2) is 19.2 Å². The van der Waals surface area contributed by atoms with Gasteiger partial charge >= 0.3 is 5.97 Å². The number of anilines is 1. The Morgan fingerprint density at radius 1 is 1.38 bits per heavy atom. The quantitative estimate of drug-likeness (QED) is 0.920. The van der Waals surface area contributed by atoms with Crippen molar-refractivity contribution in [2.45, 2.75) is 25.3 Å². The van der Waals surface area contributed by atoms with E-state index < -0.39 is 17.2 Å². The molecule has 0 radical (unpaired) electrons. The van der Waals surface area contributed by atoms with Gasteiger partial charge in [0.05, 0.1) is 5.39 Å². The second-order valence-electron chi connectivity index (χ2n) is 6.34. The summed E-state index contributed by atoms with van der Waals surface area (Å²) in [6.45, 7) is 1.47. The number of hydrogen-bond acceptors (Lipinski definition) is 5. The molecule has 1 aliphatic carbocycles. The Hall–Kier alpha value is -2.48. The number of nitrogens with zero attached hydrogens (tertiary/aromatic N) is 4. The Morgan fingerprint density at radius 2 is 2.12 bits per heavy atom. The van der Waals surface area contributed by atoms with Crippen LogP contribution in [0.4, 0.5) is 10.2 Å². The van der Waals surface area contributed by atoms with Gasteiger partial charge in [0.2, 0.25) is 5.43 Å². The van der Waals surface area contributed by atoms with Crippen LogP contribution in [-0.4, -0.2) is 45.8 Å². The molecule has 0 bridgehead atoms. The van der Waals surface area contributed by atoms with Gasteiger partial charge in [-0.05, 0) is 25.3 Å². The highest BCUT2D eigenvalue weighted by Gasteiger charge is 2.30. The molecule has 1 saturated carbocycles. The maximum absolute atomic E-state index is 14.6. The molecule has 24 heavy (non-hydrogen) atoms. The first-order chi connectivity index (χ1) is 11.5. The van der Waals surface area contributed by atoms with Crippen molar-refractivity contribution in [2.75, 3.05) is 25.1 Å². The topological polar surface area (TPSA) is 78.7 Å². The number of halogens is 1. The highest BCUT2D eigenvalue weighted by molar-refractivity contribution is 5.92. The average Bonchev–Trinajstić information content (AvgIpc) is 3.29. The van der Waals surface area contributed by atoms with Crippen molar-refractivity contribution in [3.63, 3.8) is 0 Å². The number of carboxylic acids is 1. The molecule has 0 spiro atoms. The van der Waals surface area contributed by atoms with Crippen molar-refractivity contribution < 1.29 is 14.3 Å². The molecule has 0 aromatic carbocycles. The molecular weight excluding hydrogens is 315 g/mol. The van der Waals surface area contributed by atoms with Crippen molar-refractivity contribution in [3.05, 3.63) is 33.9 Å². The van der Waals surface area contributed by atoms with Crippen molar-refractivity contribution in [1.82, 2.24) is 14.6 Å². The number of hydrazine groups is 1. The lowest BCUT2D eigenvalue weighted by Crippen LogP contribution is -2.34. The molecule has 4 rings (SSSR count). The zero-order valence-corrected chi connectivity index (χ0v) is 13.2. The summed E-state index contributed by atoms with van der Waals surface area (Å²) in [5, 5.41) is 12.9. The third-order valence-corrected chi connectivity index (χ3v) is 4.62. The molecule has 8 heteroatoms. The van der Waals surface area contributed by atoms with Crippen LogP contribution in [0.5, 0.6) is 0 Å². The zero-order chi connectivity index (χ0) is 17.0. The fourth-order valence-electron chi connectivity index (χ4n) is 3.21. The Morgan fingerprint density at radius 3 is 2.71 bits per heavy atom. The van der Waals surface area contributed by atoms with Gasteiger partial charge in [0.1, 0.15) is 11.2 Å². The molecule has 2 aromatic heterocycles. The van der Waals surface area contributed by atoms with E-state index in [0.717, 1.165) is 31.9 Å². The first-order valence-corrected chi connectivity index (χ1v) is 7.94. The molecule has 1 saturated heterocycles. The molecule has 1 aliphatic heterocycles. The predicted molar refractivity (Wildman–Crippen MR) is 85.8 cm³/mol. The van der Waals surface area contributed by atoms with E-state index in [4.69, 9.17) is 0 Å². The number of aromatic carboxylic acids is 1. The summed E-state index contributed by atoms with van der Waals surface area (Å²) >= 11 is 0. The molecule has 1 N–H and O–H groups in total. The van der Waals surface area contributed by atoms with Crippen LogP contribution >= 0.6 is 0 Å². The molecule has 3 heterocycles. The van der Waals surface area contributed by atoms with E-state index in [1.54, 1.807) is 9.58 Å². The monoisotopic (exact) mass is 332 g/mol. The van der Waals surface area contributed by atoms with E-state index >= 15 is 0 Å². The van der Waals surface area contributed by atoms with Gasteiger partial charge in [-0.2, -0.15) is 0 Å². The lowest BCUT2D eigenvalue weighted by atomic mass is 10.2. The van der Waals surface area contributed by atoms with Gasteiger partial charge in [0.15, 0.2) is 11.6 Å². The highest BCUT2D eigenvalue weighted by Crippen LogP contribution is 2.37. The molecular formula is C16H17FN4O3. The van der Waals surface area contributed by atoms with E-state index in [1.807, 2.05) is 12.1 Å². The summed E-state index contributed by atoms with van der Waals surface area (Å²) in [5.74, 6) is -1.74. The predicted octanol–water partition coefficient (Wildman–Crippen LogP) is 1.63. The number of pyridine rings is 2. The number of carbonyl (C=O) groups is 1. The summed E-state index contributed by atoms with van der Waals surface area (Å²) in [4.78, 5) is 28.1. The van der Waals surface area contributed by atoms with Crippen molar-refractivity contribution >= 4 is 22.8 Å². The molecule has 0 amide bonds. The standard InChI is InChI=1S/C16H17FN4O3/c1-19-5-2-6-21(19)15-12(17)7-10-13(22)11(16(23)24)8-20(9-3-4-9)14(10)18-15/h7-9H,2-6H2,1H3,(H,23,24). The fourth-order valence-corrected chi connectivity index (χ4v) is 3.21. The van der Waals surface area contributed by atoms with Crippen molar-refractivity contribution in [2.24, 2.45) is 0 Å². The van der Waals surface area contributed by atoms with Crippen LogP contribution in [-0.2, 0) is 0 Å². The normalized spacial score (nSPS) is 18.5. The van der Waals surface area contributed by atoms with Crippen LogP contribution in [0.25, 0.3) is 11.0 Å². The molecule has 2 aliphatic rings. The number of hydrogen-bond donors (Lipinski definition) is 1. The molecule has 126 valence electrons. The van der Waals surface area contributed by atoms with Crippen LogP contribution in [0.3, 0.4) is 0 Å². The third-order valence-electron chi connectivity index (χ3n) is 4.62. The van der Waals surface area contributed by atoms with Gasteiger partial charge in [-0.15, -0.1) is 0 Å². The van der Waals surface area contributed by atoms with Crippen molar-refractivity contribution in [3.8, 4) is 0 Å². The summed E-state index contributed by atoms with van der Waals surface area (Å²) in [6, 6.07) is 1.24. The second kappa shape index (κ2) is 5.27. The minimum Gasteiger partial charge on any atom is -0.477 e. The van der Waals surface area contributed by atoms with Gasteiger partial charge in [-0.1, -0.05) is 0 Å². The smallest absolute Gasteiger partial charge is 0.341 e. The number of carboxylic acid groups (broad SMARTS) is 1. The summed E-state index contributed by atoms with van der Waals surface area (Å²) in [7, 11) is 1.86. The molecule has 7 nitrogen and oxygen atoms in total. The fraction of sp³-hybridized carbons (Fsp3) is 0.438. The maximum atomic E-state index is 14.6. The zero-order valence-electron chi connectivity index (χ0n) is 13.2. The SMILES string of the molecule is CN1CCCN1c1nc2c(cc1F)c(=O)c(C(=O)O)cn2C1CC1. The number of fused-ring (bicyclic) bond motifs is 1. The van der Waals surface area contributed by atoms with Crippen LogP contribution in [0.1, 0.15) is 35.7 Å². The molecule has 0 atom stereocenters. The minimum absolute atomic E-state index is 0.0184. The van der Waals surface area contributed by atoms with E-state index in [1.165, 1.54) is 6.20 Å². The molecule has 0 unspecified atom stereocenters. The summed E-state index contributed by atoms with van der Waals surface area (Å²) < 4.78 is 16.3. The van der Waals surface area contributed by atoms with Crippen LogP contribution in [0.15, 0.2) is 17.1 Å². The van der Waals surface area contributed by atoms with Gasteiger partial charge in [0, 0.05) is 32.4 Å². The van der Waals surface area contributed by atoms with E-state index in [0.29, 0.717) is 12.2 Å². The Balaban J connectivity index is 1.99. The lowest BCUT2D eigenvalue weighted by Gasteiger charge is -2.25. The maximum Gasteiger partial charge on any atom is 0.341 e. The highest BCUT2D eigenvalue weighted by atomic mass is 19.1. The third kappa shape index (κ3) is 2.25. The van der Waals surface area contributed by atoms with Gasteiger partial charge < -0.3 is 9.67 Å². The Kier molecular flexibility index (Phi) is 3.31. The number of rotatable bonds is 3. The summed E-state index contributed by atoms with van der Waals surface area (Å²) in [5.41, 5.74) is -0.687. The van der Waals surface area contributed by atoms with Crippen LogP contribution in [0.2, 0.25) is 0 Å². The minimum atomic E-state index is -1.31. The second-order valence-corrected chi connectivity index (χ2v) is 6.34. The molecule has 2 fully saturated rings. The van der Waals surface area contributed by atoms with Crippen LogP contribution < -0.4 is 10.4 Å². The largest absolute Gasteiger partial charge is 0.477 e.